The highest BCUT2D eigenvalue weighted by Crippen LogP contribution is 2.61. The van der Waals surface area contributed by atoms with Gasteiger partial charge in [0.05, 0.1) is 22.1 Å². The van der Waals surface area contributed by atoms with Gasteiger partial charge in [0.2, 0.25) is 0 Å². The molecule has 11 rings (SSSR count). The molecular weight excluding hydrogens is 666 g/mol. The Bertz CT molecular complexity index is 2900. The predicted molar refractivity (Wildman–Crippen MR) is 218 cm³/mol. The van der Waals surface area contributed by atoms with Crippen LogP contribution in [0.3, 0.4) is 0 Å². The van der Waals surface area contributed by atoms with E-state index >= 15 is 4.57 Å². The first-order chi connectivity index (χ1) is 26.2. The van der Waals surface area contributed by atoms with Gasteiger partial charge in [-0.2, -0.15) is 0 Å². The summed E-state index contributed by atoms with van der Waals surface area (Å²) in [6.45, 7) is 0. The number of para-hydroxylation sites is 5. The minimum absolute atomic E-state index is 0.642. The number of hydrogen-bond acceptors (Lipinski definition) is 2. The summed E-state index contributed by atoms with van der Waals surface area (Å²) in [5.41, 5.74) is 9.65. The van der Waals surface area contributed by atoms with Crippen LogP contribution in [-0.2, 0) is 9.98 Å². The molecule has 3 heterocycles. The average molecular weight is 698 g/mol. The summed E-state index contributed by atoms with van der Waals surface area (Å²) in [6.07, 6.45) is 0. The van der Waals surface area contributed by atoms with E-state index in [0.717, 1.165) is 49.7 Å². The maximum absolute atomic E-state index is 15.2. The minimum Gasteiger partial charge on any atom is -0.456 e. The van der Waals surface area contributed by atoms with Gasteiger partial charge in [-0.05, 0) is 34.9 Å². The second kappa shape index (κ2) is 11.3. The van der Waals surface area contributed by atoms with E-state index in [1.807, 2.05) is 72.8 Å². The number of aromatic nitrogens is 1. The van der Waals surface area contributed by atoms with E-state index in [0.29, 0.717) is 0 Å². The van der Waals surface area contributed by atoms with Gasteiger partial charge in [0.15, 0.2) is 7.14 Å². The molecular formula is C49H32NO2P. The lowest BCUT2D eigenvalue weighted by molar-refractivity contribution is 0.435. The summed E-state index contributed by atoms with van der Waals surface area (Å²) in [6, 6.07) is 67.4. The molecule has 8 aromatic carbocycles. The quantitative estimate of drug-likeness (QED) is 0.171. The zero-order valence-corrected chi connectivity index (χ0v) is 29.6. The zero-order valence-electron chi connectivity index (χ0n) is 28.7. The molecule has 1 spiro atoms. The van der Waals surface area contributed by atoms with E-state index in [9.17, 15) is 0 Å². The van der Waals surface area contributed by atoms with Gasteiger partial charge in [0, 0.05) is 43.4 Å². The fourth-order valence-corrected chi connectivity index (χ4v) is 11.8. The molecule has 0 radical (unpaired) electrons. The van der Waals surface area contributed by atoms with Crippen LogP contribution in [0.25, 0.3) is 38.6 Å². The molecule has 3 nitrogen and oxygen atoms in total. The third-order valence-electron chi connectivity index (χ3n) is 11.4. The van der Waals surface area contributed by atoms with E-state index in [1.54, 1.807) is 0 Å². The Kier molecular flexibility index (Phi) is 6.44. The molecule has 1 atom stereocenters. The molecule has 2 aliphatic heterocycles. The first-order valence-electron chi connectivity index (χ1n) is 18.0. The number of hydrogen-bond donors (Lipinski definition) is 0. The molecule has 9 aromatic rings. The number of benzene rings is 8. The van der Waals surface area contributed by atoms with E-state index in [1.165, 1.54) is 38.6 Å². The Hall–Kier alpha value is -6.41. The van der Waals surface area contributed by atoms with Crippen LogP contribution < -0.4 is 20.7 Å². The van der Waals surface area contributed by atoms with Crippen molar-refractivity contribution in [2.24, 2.45) is 0 Å². The van der Waals surface area contributed by atoms with Crippen LogP contribution in [0.2, 0.25) is 0 Å². The predicted octanol–water partition coefficient (Wildman–Crippen LogP) is 10.9. The Morgan fingerprint density at radius 2 is 1.02 bits per heavy atom. The standard InChI is InChI=1S/C49H32NO2P/c51-53(34-15-3-1-4-16-34,35-17-5-2-6-18-35)36-31-29-33(30-32-36)37-20-13-25-43-48(37)52-46-28-12-9-23-41(46)49(43)40-22-8-11-27-45(40)50-44-26-10-7-19-38(44)39-21-14-24-42(49)47(39)50/h1-32H. The summed E-state index contributed by atoms with van der Waals surface area (Å²) in [7, 11) is -3.12. The van der Waals surface area contributed by atoms with Crippen molar-refractivity contribution in [1.29, 1.82) is 0 Å². The van der Waals surface area contributed by atoms with Crippen molar-refractivity contribution in [2.45, 2.75) is 5.41 Å². The first kappa shape index (κ1) is 30.2. The second-order valence-electron chi connectivity index (χ2n) is 13.9. The van der Waals surface area contributed by atoms with Crippen molar-refractivity contribution in [3.63, 3.8) is 0 Å². The molecule has 53 heavy (non-hydrogen) atoms. The summed E-state index contributed by atoms with van der Waals surface area (Å²) >= 11 is 0. The highest BCUT2D eigenvalue weighted by molar-refractivity contribution is 7.85. The van der Waals surface area contributed by atoms with Crippen LogP contribution in [-0.4, -0.2) is 4.57 Å². The topological polar surface area (TPSA) is 31.2 Å². The van der Waals surface area contributed by atoms with Crippen molar-refractivity contribution < 1.29 is 9.30 Å². The zero-order chi connectivity index (χ0) is 35.1. The van der Waals surface area contributed by atoms with E-state index in [4.69, 9.17) is 4.74 Å². The highest BCUT2D eigenvalue weighted by atomic mass is 31.2. The summed E-state index contributed by atoms with van der Waals surface area (Å²) < 4.78 is 24.7. The van der Waals surface area contributed by atoms with Gasteiger partial charge in [-0.15, -0.1) is 0 Å². The molecule has 250 valence electrons. The van der Waals surface area contributed by atoms with Gasteiger partial charge >= 0.3 is 0 Å². The van der Waals surface area contributed by atoms with Gasteiger partial charge < -0.3 is 13.9 Å². The molecule has 0 aliphatic carbocycles. The normalized spacial score (nSPS) is 15.5. The van der Waals surface area contributed by atoms with Gasteiger partial charge in [-0.3, -0.25) is 0 Å². The average Bonchev–Trinajstić information content (AvgIpc) is 3.58. The maximum atomic E-state index is 15.2. The Morgan fingerprint density at radius 3 is 1.79 bits per heavy atom. The molecule has 4 heteroatoms. The molecule has 0 saturated heterocycles. The van der Waals surface area contributed by atoms with Crippen molar-refractivity contribution in [3.05, 3.63) is 216 Å². The lowest BCUT2D eigenvalue weighted by Crippen LogP contribution is -2.37. The van der Waals surface area contributed by atoms with Crippen molar-refractivity contribution in [2.75, 3.05) is 0 Å². The molecule has 0 N–H and O–H groups in total. The lowest BCUT2D eigenvalue weighted by atomic mass is 9.61. The monoisotopic (exact) mass is 697 g/mol. The molecule has 0 fully saturated rings. The van der Waals surface area contributed by atoms with Gasteiger partial charge in [0.1, 0.15) is 11.5 Å². The highest BCUT2D eigenvalue weighted by Gasteiger charge is 2.50. The SMILES string of the molecule is O=P(c1ccccc1)(c1ccccc1)c1ccc(-c2cccc3c2Oc2ccccc2C32c3ccccc3-n3c4ccccc4c4cccc2c43)cc1. The third-order valence-corrected chi connectivity index (χ3v) is 14.4. The number of rotatable bonds is 4. The van der Waals surface area contributed by atoms with Crippen molar-refractivity contribution >= 4 is 44.9 Å². The summed E-state index contributed by atoms with van der Waals surface area (Å²) in [5.74, 6) is 1.68. The van der Waals surface area contributed by atoms with Crippen LogP contribution in [0.1, 0.15) is 22.3 Å². The Labute approximate surface area is 307 Å². The van der Waals surface area contributed by atoms with Crippen molar-refractivity contribution in [3.8, 4) is 28.3 Å². The Balaban J connectivity index is 1.17. The molecule has 0 saturated carbocycles. The van der Waals surface area contributed by atoms with Gasteiger partial charge in [0.25, 0.3) is 0 Å². The third kappa shape index (κ3) is 4.03. The molecule has 2 aliphatic rings. The second-order valence-corrected chi connectivity index (χ2v) is 16.7. The van der Waals surface area contributed by atoms with Crippen molar-refractivity contribution in [1.82, 2.24) is 4.57 Å². The fraction of sp³-hybridized carbons (Fsp3) is 0.0204. The molecule has 1 aromatic heterocycles. The molecule has 1 unspecified atom stereocenters. The van der Waals surface area contributed by atoms with Crippen LogP contribution in [0.4, 0.5) is 0 Å². The smallest absolute Gasteiger partial charge is 0.171 e. The van der Waals surface area contributed by atoms with Crippen LogP contribution >= 0.6 is 7.14 Å². The van der Waals surface area contributed by atoms with E-state index < -0.39 is 12.6 Å². The van der Waals surface area contributed by atoms with E-state index in [-0.39, 0.29) is 0 Å². The van der Waals surface area contributed by atoms with Crippen LogP contribution in [0.5, 0.6) is 11.5 Å². The summed E-state index contributed by atoms with van der Waals surface area (Å²) in [4.78, 5) is 0. The van der Waals surface area contributed by atoms with Crippen LogP contribution in [0, 0.1) is 0 Å². The largest absolute Gasteiger partial charge is 0.456 e. The summed E-state index contributed by atoms with van der Waals surface area (Å²) in [5, 5.41) is 4.92. The number of nitrogens with zero attached hydrogens (tertiary/aromatic N) is 1. The number of ether oxygens (including phenoxy) is 1. The van der Waals surface area contributed by atoms with E-state index in [2.05, 4.69) is 126 Å². The van der Waals surface area contributed by atoms with Gasteiger partial charge in [-0.25, -0.2) is 0 Å². The minimum atomic E-state index is -3.12. The Morgan fingerprint density at radius 1 is 0.453 bits per heavy atom. The number of fused-ring (bicyclic) bond motifs is 11. The molecule has 0 bridgehead atoms. The molecule has 0 amide bonds. The van der Waals surface area contributed by atoms with Gasteiger partial charge in [-0.1, -0.05) is 176 Å². The van der Waals surface area contributed by atoms with Crippen LogP contribution in [0.15, 0.2) is 194 Å². The lowest BCUT2D eigenvalue weighted by Gasteiger charge is -2.45. The fourth-order valence-electron chi connectivity index (χ4n) is 9.15. The maximum Gasteiger partial charge on any atom is 0.171 e. The first-order valence-corrected chi connectivity index (χ1v) is 19.8.